The molecule has 0 aromatic heterocycles. The summed E-state index contributed by atoms with van der Waals surface area (Å²) in [4.78, 5) is 2.61. The van der Waals surface area contributed by atoms with Crippen molar-refractivity contribution in [1.82, 2.24) is 10.2 Å². The van der Waals surface area contributed by atoms with Crippen LogP contribution in [-0.4, -0.2) is 63.0 Å². The molecule has 1 heterocycles. The van der Waals surface area contributed by atoms with Crippen molar-refractivity contribution < 1.29 is 9.47 Å². The van der Waals surface area contributed by atoms with Crippen LogP contribution in [-0.2, 0) is 9.47 Å². The summed E-state index contributed by atoms with van der Waals surface area (Å²) < 4.78 is 11.2. The maximum absolute atomic E-state index is 5.60. The lowest BCUT2D eigenvalue weighted by molar-refractivity contribution is -0.00461. The van der Waals surface area contributed by atoms with Crippen LogP contribution in [0.4, 0.5) is 0 Å². The highest BCUT2D eigenvalue weighted by Crippen LogP contribution is 2.26. The first-order chi connectivity index (χ1) is 9.80. The van der Waals surface area contributed by atoms with Crippen LogP contribution in [0.15, 0.2) is 0 Å². The molecule has 0 bridgehead atoms. The van der Waals surface area contributed by atoms with Gasteiger partial charge in [0, 0.05) is 39.4 Å². The Morgan fingerprint density at radius 2 is 1.55 bits per heavy atom. The van der Waals surface area contributed by atoms with Crippen molar-refractivity contribution in [2.75, 3.05) is 33.9 Å². The largest absolute Gasteiger partial charge is 0.377 e. The molecule has 4 unspecified atom stereocenters. The van der Waals surface area contributed by atoms with Crippen molar-refractivity contribution >= 4 is 0 Å². The molecule has 2 fully saturated rings. The molecule has 0 radical (unpaired) electrons. The molecule has 0 spiro atoms. The summed E-state index contributed by atoms with van der Waals surface area (Å²) in [5, 5.41) is 3.72. The number of methoxy groups -OCH3 is 2. The van der Waals surface area contributed by atoms with Crippen LogP contribution in [0.2, 0.25) is 0 Å². The maximum atomic E-state index is 5.60. The van der Waals surface area contributed by atoms with Gasteiger partial charge < -0.3 is 14.8 Å². The molecule has 0 amide bonds. The van der Waals surface area contributed by atoms with E-state index >= 15 is 0 Å². The van der Waals surface area contributed by atoms with Gasteiger partial charge in [-0.25, -0.2) is 0 Å². The second kappa shape index (κ2) is 8.32. The van der Waals surface area contributed by atoms with Gasteiger partial charge in [-0.05, 0) is 19.4 Å². The van der Waals surface area contributed by atoms with Crippen LogP contribution in [0.25, 0.3) is 0 Å². The number of rotatable bonds is 5. The molecule has 1 aliphatic carbocycles. The molecule has 2 rings (SSSR count). The molecule has 4 heteroatoms. The Balaban J connectivity index is 2.01. The fourth-order valence-corrected chi connectivity index (χ4v) is 3.90. The van der Waals surface area contributed by atoms with Gasteiger partial charge in [-0.3, -0.25) is 4.90 Å². The maximum Gasteiger partial charge on any atom is 0.0971 e. The SMILES string of the molecule is CCNC1CCCCCCC1N1CC(OC)C(OC)C1. The van der Waals surface area contributed by atoms with Gasteiger partial charge in [-0.1, -0.05) is 32.6 Å². The monoisotopic (exact) mass is 284 g/mol. The van der Waals surface area contributed by atoms with E-state index in [1.807, 2.05) is 0 Å². The highest BCUT2D eigenvalue weighted by Gasteiger charge is 2.38. The van der Waals surface area contributed by atoms with E-state index in [1.54, 1.807) is 14.2 Å². The Labute approximate surface area is 124 Å². The summed E-state index contributed by atoms with van der Waals surface area (Å²) in [5.74, 6) is 0. The number of likely N-dealkylation sites (tertiary alicyclic amines) is 1. The van der Waals surface area contributed by atoms with Crippen molar-refractivity contribution in [3.8, 4) is 0 Å². The average molecular weight is 284 g/mol. The normalized spacial score (nSPS) is 36.8. The fraction of sp³-hybridized carbons (Fsp3) is 1.00. The molecular weight excluding hydrogens is 252 g/mol. The zero-order chi connectivity index (χ0) is 14.4. The number of nitrogens with zero attached hydrogens (tertiary/aromatic N) is 1. The first-order valence-corrected chi connectivity index (χ1v) is 8.33. The number of ether oxygens (including phenoxy) is 2. The van der Waals surface area contributed by atoms with Crippen LogP contribution >= 0.6 is 0 Å². The minimum Gasteiger partial charge on any atom is -0.377 e. The zero-order valence-corrected chi connectivity index (χ0v) is 13.4. The molecule has 4 atom stereocenters. The van der Waals surface area contributed by atoms with E-state index in [9.17, 15) is 0 Å². The molecule has 2 aliphatic rings. The third-order valence-electron chi connectivity index (χ3n) is 5.01. The first-order valence-electron chi connectivity index (χ1n) is 8.33. The Morgan fingerprint density at radius 1 is 0.950 bits per heavy atom. The summed E-state index contributed by atoms with van der Waals surface area (Å²) in [7, 11) is 3.61. The van der Waals surface area contributed by atoms with Crippen molar-refractivity contribution in [2.24, 2.45) is 0 Å². The lowest BCUT2D eigenvalue weighted by Crippen LogP contribution is -2.50. The van der Waals surface area contributed by atoms with Crippen molar-refractivity contribution in [2.45, 2.75) is 69.7 Å². The molecule has 1 N–H and O–H groups in total. The molecular formula is C16H32N2O2. The molecule has 0 aromatic carbocycles. The molecule has 1 saturated carbocycles. The quantitative estimate of drug-likeness (QED) is 0.837. The van der Waals surface area contributed by atoms with Crippen molar-refractivity contribution in [3.63, 3.8) is 0 Å². The topological polar surface area (TPSA) is 33.7 Å². The fourth-order valence-electron chi connectivity index (χ4n) is 3.90. The van der Waals surface area contributed by atoms with Crippen LogP contribution in [0, 0.1) is 0 Å². The number of nitrogens with one attached hydrogen (secondary N) is 1. The lowest BCUT2D eigenvalue weighted by Gasteiger charge is -2.36. The Kier molecular flexibility index (Phi) is 6.75. The molecule has 1 aliphatic heterocycles. The zero-order valence-electron chi connectivity index (χ0n) is 13.4. The Bertz CT molecular complexity index is 263. The van der Waals surface area contributed by atoms with Gasteiger partial charge in [0.1, 0.15) is 0 Å². The first kappa shape index (κ1) is 16.2. The predicted octanol–water partition coefficient (Wildman–Crippen LogP) is 2.03. The van der Waals surface area contributed by atoms with E-state index in [-0.39, 0.29) is 12.2 Å². The number of hydrogen-bond acceptors (Lipinski definition) is 4. The molecule has 4 nitrogen and oxygen atoms in total. The predicted molar refractivity (Wildman–Crippen MR) is 82.1 cm³/mol. The van der Waals surface area contributed by atoms with Crippen LogP contribution in [0.5, 0.6) is 0 Å². The van der Waals surface area contributed by atoms with Gasteiger partial charge in [0.2, 0.25) is 0 Å². The summed E-state index contributed by atoms with van der Waals surface area (Å²) in [6.07, 6.45) is 8.59. The van der Waals surface area contributed by atoms with E-state index in [0.29, 0.717) is 12.1 Å². The van der Waals surface area contributed by atoms with Gasteiger partial charge in [-0.15, -0.1) is 0 Å². The summed E-state index contributed by atoms with van der Waals surface area (Å²) in [6.45, 7) is 5.31. The van der Waals surface area contributed by atoms with Crippen LogP contribution in [0.3, 0.4) is 0 Å². The lowest BCUT2D eigenvalue weighted by atomic mass is 9.91. The second-order valence-corrected chi connectivity index (χ2v) is 6.23. The van der Waals surface area contributed by atoms with E-state index in [1.165, 1.54) is 38.5 Å². The Morgan fingerprint density at radius 3 is 2.10 bits per heavy atom. The average Bonchev–Trinajstić information content (AvgIpc) is 2.85. The van der Waals surface area contributed by atoms with Crippen molar-refractivity contribution in [1.29, 1.82) is 0 Å². The minimum absolute atomic E-state index is 0.229. The third-order valence-corrected chi connectivity index (χ3v) is 5.01. The summed E-state index contributed by atoms with van der Waals surface area (Å²) in [6, 6.07) is 1.28. The van der Waals surface area contributed by atoms with E-state index in [4.69, 9.17) is 9.47 Å². The summed E-state index contributed by atoms with van der Waals surface area (Å²) in [5.41, 5.74) is 0. The van der Waals surface area contributed by atoms with E-state index < -0.39 is 0 Å². The van der Waals surface area contributed by atoms with Crippen LogP contribution in [0.1, 0.15) is 45.4 Å². The minimum atomic E-state index is 0.229. The van der Waals surface area contributed by atoms with E-state index in [0.717, 1.165) is 19.6 Å². The standard InChI is InChI=1S/C16H32N2O2/c1-4-17-13-9-7-5-6-8-10-14(13)18-11-15(19-2)16(12-18)20-3/h13-17H,4-12H2,1-3H3. The highest BCUT2D eigenvalue weighted by molar-refractivity contribution is 4.94. The second-order valence-electron chi connectivity index (χ2n) is 6.23. The Hall–Kier alpha value is -0.160. The van der Waals surface area contributed by atoms with Gasteiger partial charge >= 0.3 is 0 Å². The van der Waals surface area contributed by atoms with E-state index in [2.05, 4.69) is 17.1 Å². The van der Waals surface area contributed by atoms with Gasteiger partial charge in [0.05, 0.1) is 12.2 Å². The highest BCUT2D eigenvalue weighted by atomic mass is 16.5. The van der Waals surface area contributed by atoms with Crippen molar-refractivity contribution in [3.05, 3.63) is 0 Å². The molecule has 20 heavy (non-hydrogen) atoms. The third kappa shape index (κ3) is 3.94. The van der Waals surface area contributed by atoms with Gasteiger partial charge in [-0.2, -0.15) is 0 Å². The molecule has 0 aromatic rings. The summed E-state index contributed by atoms with van der Waals surface area (Å²) >= 11 is 0. The smallest absolute Gasteiger partial charge is 0.0971 e. The molecule has 118 valence electrons. The van der Waals surface area contributed by atoms with Gasteiger partial charge in [0.15, 0.2) is 0 Å². The van der Waals surface area contributed by atoms with Crippen LogP contribution < -0.4 is 5.32 Å². The van der Waals surface area contributed by atoms with Gasteiger partial charge in [0.25, 0.3) is 0 Å². The molecule has 1 saturated heterocycles. The number of hydrogen-bond donors (Lipinski definition) is 1. The number of likely N-dealkylation sites (N-methyl/N-ethyl adjacent to an activating group) is 1.